The number of nitrogens with zero attached hydrogens (tertiary/aromatic N) is 1. The number of rotatable bonds is 34. The van der Waals surface area contributed by atoms with Gasteiger partial charge in [-0.1, -0.05) is 48.5 Å². The third-order valence-electron chi connectivity index (χ3n) is 8.21. The second-order valence-corrected chi connectivity index (χ2v) is 13.9. The maximum absolute atomic E-state index is 12.6. The minimum Gasteiger partial charge on any atom is -0.458 e. The van der Waals surface area contributed by atoms with Gasteiger partial charge in [-0.3, -0.25) is 0 Å². The summed E-state index contributed by atoms with van der Waals surface area (Å²) in [6, 6.07) is 16.6. The van der Waals surface area contributed by atoms with E-state index in [0.29, 0.717) is 139 Å². The van der Waals surface area contributed by atoms with Gasteiger partial charge >= 0.3 is 12.1 Å². The molecular formula is C42H65NO14. The zero-order chi connectivity index (χ0) is 40.8. The fourth-order valence-corrected chi connectivity index (χ4v) is 5.50. The predicted octanol–water partition coefficient (Wildman–Crippen LogP) is 4.38. The van der Waals surface area contributed by atoms with Gasteiger partial charge in [0.05, 0.1) is 126 Å². The van der Waals surface area contributed by atoms with Gasteiger partial charge in [0.15, 0.2) is 0 Å². The number of likely N-dealkylation sites (N-methyl/N-ethyl adjacent to an activating group) is 1. The number of esters is 1. The zero-order valence-electron chi connectivity index (χ0n) is 34.4. The third kappa shape index (κ3) is 21.9. The number of amides is 1. The molecule has 0 atom stereocenters. The van der Waals surface area contributed by atoms with Crippen LogP contribution in [0.5, 0.6) is 0 Å². The van der Waals surface area contributed by atoms with Gasteiger partial charge in [0.2, 0.25) is 0 Å². The van der Waals surface area contributed by atoms with Crippen molar-refractivity contribution in [2.75, 3.05) is 152 Å². The first-order valence-corrected chi connectivity index (χ1v) is 19.8. The summed E-state index contributed by atoms with van der Waals surface area (Å²) >= 11 is 0. The van der Waals surface area contributed by atoms with Crippen LogP contribution in [0.25, 0.3) is 11.1 Å². The third-order valence-corrected chi connectivity index (χ3v) is 8.21. The molecule has 0 fully saturated rings. The normalized spacial score (nSPS) is 12.4. The van der Waals surface area contributed by atoms with Crippen molar-refractivity contribution in [1.29, 1.82) is 0 Å². The van der Waals surface area contributed by atoms with E-state index in [4.69, 9.17) is 56.8 Å². The van der Waals surface area contributed by atoms with E-state index in [0.717, 1.165) is 0 Å². The molecule has 1 aliphatic rings. The molecule has 1 aliphatic carbocycles. The first kappa shape index (κ1) is 48.2. The number of fused-ring (bicyclic) bond motifs is 3. The Labute approximate surface area is 338 Å². The van der Waals surface area contributed by atoms with Crippen molar-refractivity contribution in [2.24, 2.45) is 0 Å². The van der Waals surface area contributed by atoms with E-state index in [1.807, 2.05) is 45.0 Å². The van der Waals surface area contributed by atoms with E-state index in [9.17, 15) is 9.59 Å². The van der Waals surface area contributed by atoms with Gasteiger partial charge in [0.1, 0.15) is 18.8 Å². The molecule has 57 heavy (non-hydrogen) atoms. The van der Waals surface area contributed by atoms with Gasteiger partial charge in [-0.15, -0.1) is 0 Å². The van der Waals surface area contributed by atoms with Crippen molar-refractivity contribution in [1.82, 2.24) is 4.90 Å². The molecule has 0 unspecified atom stereocenters. The van der Waals surface area contributed by atoms with Crippen LogP contribution >= 0.6 is 0 Å². The largest absolute Gasteiger partial charge is 0.458 e. The Kier molecular flexibility index (Phi) is 25.3. The van der Waals surface area contributed by atoms with E-state index in [1.54, 1.807) is 7.05 Å². The van der Waals surface area contributed by atoms with Crippen LogP contribution in [0, 0.1) is 0 Å². The summed E-state index contributed by atoms with van der Waals surface area (Å²) in [5, 5.41) is 0. The topological polar surface area (TPSA) is 148 Å². The van der Waals surface area contributed by atoms with Crippen molar-refractivity contribution in [3.8, 4) is 11.1 Å². The van der Waals surface area contributed by atoms with Gasteiger partial charge in [0, 0.05) is 19.5 Å². The number of carbonyl (C=O) groups excluding carboxylic acids is 2. The highest BCUT2D eigenvalue weighted by Gasteiger charge is 2.29. The van der Waals surface area contributed by atoms with Crippen molar-refractivity contribution in [2.45, 2.75) is 32.3 Å². The molecule has 3 rings (SSSR count). The summed E-state index contributed by atoms with van der Waals surface area (Å²) in [5.41, 5.74) is 4.27. The number of hydrogen-bond donors (Lipinski definition) is 0. The number of hydrogen-bond acceptors (Lipinski definition) is 14. The first-order valence-electron chi connectivity index (χ1n) is 19.8. The summed E-state index contributed by atoms with van der Waals surface area (Å²) in [6.07, 6.45) is -0.369. The van der Waals surface area contributed by atoms with E-state index >= 15 is 0 Å². The Morgan fingerprint density at radius 1 is 0.509 bits per heavy atom. The average molecular weight is 808 g/mol. The maximum Gasteiger partial charge on any atom is 0.409 e. The minimum absolute atomic E-state index is 0.0342. The number of carbonyl (C=O) groups is 2. The summed E-state index contributed by atoms with van der Waals surface area (Å²) in [4.78, 5) is 25.7. The molecule has 15 nitrogen and oxygen atoms in total. The Morgan fingerprint density at radius 2 is 0.842 bits per heavy atom. The van der Waals surface area contributed by atoms with E-state index < -0.39 is 11.6 Å². The standard InChI is InChI=1S/C42H65NO14/c1-42(2,3)57-40(44)34-55-32-31-54-30-29-53-28-27-52-26-25-51-24-23-50-22-21-49-20-19-48-18-17-47-16-15-46-14-13-43(4)41(45)56-33-39-37-11-7-5-9-35(37)36-10-6-8-12-38(36)39/h5-12,39H,13-34H2,1-4H3. The summed E-state index contributed by atoms with van der Waals surface area (Å²) in [7, 11) is 1.71. The SMILES string of the molecule is CN(CCOCCOCCOCCOCCOCCOCCOCCOCCOCCOCC(=O)OC(C)(C)C)C(=O)OCC1c2ccccc2-c2ccccc21. The molecule has 0 aromatic heterocycles. The fourth-order valence-electron chi connectivity index (χ4n) is 5.50. The lowest BCUT2D eigenvalue weighted by atomic mass is 9.98. The molecule has 0 bridgehead atoms. The monoisotopic (exact) mass is 807 g/mol. The molecule has 0 N–H and O–H groups in total. The van der Waals surface area contributed by atoms with Crippen molar-refractivity contribution in [3.63, 3.8) is 0 Å². The molecule has 2 aromatic rings. The van der Waals surface area contributed by atoms with E-state index in [1.165, 1.54) is 27.2 Å². The zero-order valence-corrected chi connectivity index (χ0v) is 34.4. The molecule has 0 aliphatic heterocycles. The highest BCUT2D eigenvalue weighted by molar-refractivity contribution is 5.79. The molecule has 0 spiro atoms. The van der Waals surface area contributed by atoms with Crippen LogP contribution in [-0.4, -0.2) is 175 Å². The first-order chi connectivity index (χ1) is 27.8. The molecule has 0 heterocycles. The van der Waals surface area contributed by atoms with Crippen LogP contribution in [0.4, 0.5) is 4.79 Å². The molecule has 0 radical (unpaired) electrons. The van der Waals surface area contributed by atoms with Crippen LogP contribution in [0.2, 0.25) is 0 Å². The van der Waals surface area contributed by atoms with Crippen LogP contribution in [0.1, 0.15) is 37.8 Å². The van der Waals surface area contributed by atoms with E-state index in [-0.39, 0.29) is 18.6 Å². The molecule has 322 valence electrons. The van der Waals surface area contributed by atoms with Crippen molar-refractivity contribution < 1.29 is 66.4 Å². The smallest absolute Gasteiger partial charge is 0.409 e. The second kappa shape index (κ2) is 29.9. The van der Waals surface area contributed by atoms with Crippen LogP contribution in [0.3, 0.4) is 0 Å². The quantitative estimate of drug-likeness (QED) is 0.0728. The average Bonchev–Trinajstić information content (AvgIpc) is 3.51. The van der Waals surface area contributed by atoms with Crippen molar-refractivity contribution >= 4 is 12.1 Å². The van der Waals surface area contributed by atoms with Gasteiger partial charge in [-0.25, -0.2) is 9.59 Å². The lowest BCUT2D eigenvalue weighted by Gasteiger charge is -2.19. The molecule has 1 amide bonds. The molecule has 15 heteroatoms. The lowest BCUT2D eigenvalue weighted by molar-refractivity contribution is -0.160. The van der Waals surface area contributed by atoms with Crippen molar-refractivity contribution in [3.05, 3.63) is 59.7 Å². The number of benzene rings is 2. The summed E-state index contributed by atoms with van der Waals surface area (Å²) < 4.78 is 65.6. The van der Waals surface area contributed by atoms with Crippen LogP contribution in [-0.2, 0) is 61.6 Å². The maximum atomic E-state index is 12.6. The molecule has 2 aromatic carbocycles. The summed E-state index contributed by atoms with van der Waals surface area (Å²) in [6.45, 7) is 14.5. The van der Waals surface area contributed by atoms with Crippen LogP contribution < -0.4 is 0 Å². The Bertz CT molecular complexity index is 1310. The number of ether oxygens (including phenoxy) is 12. The Morgan fingerprint density at radius 3 is 1.21 bits per heavy atom. The predicted molar refractivity (Wildman–Crippen MR) is 212 cm³/mol. The lowest BCUT2D eigenvalue weighted by Crippen LogP contribution is -2.32. The Hall–Kier alpha value is -3.22. The van der Waals surface area contributed by atoms with Crippen LogP contribution in [0.15, 0.2) is 48.5 Å². The molecule has 0 saturated heterocycles. The van der Waals surface area contributed by atoms with Gasteiger partial charge in [-0.2, -0.15) is 0 Å². The van der Waals surface area contributed by atoms with E-state index in [2.05, 4.69) is 24.3 Å². The molecule has 0 saturated carbocycles. The second-order valence-electron chi connectivity index (χ2n) is 13.9. The van der Waals surface area contributed by atoms with Gasteiger partial charge in [-0.05, 0) is 43.0 Å². The Balaban J connectivity index is 0.968. The summed E-state index contributed by atoms with van der Waals surface area (Å²) in [5.74, 6) is -0.357. The molecular weight excluding hydrogens is 742 g/mol. The minimum atomic E-state index is -0.517. The van der Waals surface area contributed by atoms with Gasteiger partial charge < -0.3 is 61.7 Å². The highest BCUT2D eigenvalue weighted by atomic mass is 16.6. The highest BCUT2D eigenvalue weighted by Crippen LogP contribution is 2.44. The van der Waals surface area contributed by atoms with Gasteiger partial charge in [0.25, 0.3) is 0 Å². The fraction of sp³-hybridized carbons (Fsp3) is 0.667.